The molecule has 0 radical (unpaired) electrons. The number of nitrogens with zero attached hydrogens (tertiary/aromatic N) is 3. The van der Waals surface area contributed by atoms with Crippen molar-refractivity contribution >= 4 is 17.7 Å². The Labute approximate surface area is 116 Å². The first-order valence-corrected chi connectivity index (χ1v) is 6.11. The van der Waals surface area contributed by atoms with Crippen LogP contribution >= 0.6 is 0 Å². The van der Waals surface area contributed by atoms with Crippen LogP contribution in [0, 0.1) is 17.2 Å². The number of aromatic nitrogens is 1. The van der Waals surface area contributed by atoms with E-state index < -0.39 is 5.97 Å². The molecule has 0 aliphatic heterocycles. The van der Waals surface area contributed by atoms with Gasteiger partial charge in [-0.25, -0.2) is 9.59 Å². The minimum Gasteiger partial charge on any atom is -0.478 e. The van der Waals surface area contributed by atoms with E-state index in [0.717, 1.165) is 0 Å². The van der Waals surface area contributed by atoms with Gasteiger partial charge in [0.1, 0.15) is 0 Å². The first kappa shape index (κ1) is 15.4. The number of hydrogen-bond acceptors (Lipinski definition) is 4. The number of nitrogens with one attached hydrogen (secondary N) is 1. The van der Waals surface area contributed by atoms with Crippen molar-refractivity contribution in [2.45, 2.75) is 13.8 Å². The average molecular weight is 276 g/mol. The highest BCUT2D eigenvalue weighted by molar-refractivity contribution is 5.92. The lowest BCUT2D eigenvalue weighted by Crippen LogP contribution is -2.37. The Bertz CT molecular complexity index is 539. The molecule has 0 bridgehead atoms. The molecule has 0 aliphatic rings. The Morgan fingerprint density at radius 2 is 2.25 bits per heavy atom. The van der Waals surface area contributed by atoms with Gasteiger partial charge < -0.3 is 15.3 Å². The summed E-state index contributed by atoms with van der Waals surface area (Å²) in [5.41, 5.74) is 0.300. The molecule has 1 heterocycles. The maximum absolute atomic E-state index is 12.0. The van der Waals surface area contributed by atoms with Gasteiger partial charge in [0.15, 0.2) is 0 Å². The molecule has 106 valence electrons. The zero-order valence-corrected chi connectivity index (χ0v) is 11.3. The molecule has 1 aromatic rings. The van der Waals surface area contributed by atoms with Gasteiger partial charge >= 0.3 is 12.0 Å². The van der Waals surface area contributed by atoms with Gasteiger partial charge in [0.05, 0.1) is 29.4 Å². The summed E-state index contributed by atoms with van der Waals surface area (Å²) in [7, 11) is 0. The Hall–Kier alpha value is -2.62. The molecule has 7 nitrogen and oxygen atoms in total. The van der Waals surface area contributed by atoms with E-state index in [2.05, 4.69) is 16.4 Å². The fraction of sp³-hybridized carbons (Fsp3) is 0.385. The predicted octanol–water partition coefficient (Wildman–Crippen LogP) is 1.79. The number of urea groups is 1. The van der Waals surface area contributed by atoms with Crippen LogP contribution in [0.3, 0.4) is 0 Å². The third-order valence-corrected chi connectivity index (χ3v) is 2.62. The Kier molecular flexibility index (Phi) is 5.47. The molecule has 7 heteroatoms. The number of carbonyl (C=O) groups excluding carboxylic acids is 1. The molecule has 0 saturated carbocycles. The van der Waals surface area contributed by atoms with Gasteiger partial charge in [-0.05, 0) is 19.9 Å². The van der Waals surface area contributed by atoms with E-state index in [1.165, 1.54) is 23.4 Å². The van der Waals surface area contributed by atoms with Gasteiger partial charge in [-0.2, -0.15) is 5.26 Å². The highest BCUT2D eigenvalue weighted by Crippen LogP contribution is 2.10. The quantitative estimate of drug-likeness (QED) is 0.852. The minimum absolute atomic E-state index is 0.00348. The number of pyridine rings is 1. The number of carboxylic acids is 1. The summed E-state index contributed by atoms with van der Waals surface area (Å²) >= 11 is 0. The van der Waals surface area contributed by atoms with Gasteiger partial charge in [0, 0.05) is 19.3 Å². The molecule has 0 spiro atoms. The highest BCUT2D eigenvalue weighted by atomic mass is 16.4. The number of carbonyl (C=O) groups is 2. The number of amides is 2. The zero-order valence-electron chi connectivity index (χ0n) is 11.3. The smallest absolute Gasteiger partial charge is 0.337 e. The fourth-order valence-corrected chi connectivity index (χ4v) is 1.55. The summed E-state index contributed by atoms with van der Waals surface area (Å²) in [6, 6.07) is 3.00. The standard InChI is InChI=1S/C13H16N4O3/c1-3-17(8-9(2)5-14)13(20)16-11-4-10(12(18)19)6-15-7-11/h4,6-7,9H,3,8H2,1-2H3,(H,16,20)(H,18,19). The fourth-order valence-electron chi connectivity index (χ4n) is 1.55. The second kappa shape index (κ2) is 7.09. The molecule has 1 aromatic heterocycles. The van der Waals surface area contributed by atoms with E-state index in [-0.39, 0.29) is 17.5 Å². The Balaban J connectivity index is 2.76. The van der Waals surface area contributed by atoms with E-state index in [0.29, 0.717) is 18.8 Å². The zero-order chi connectivity index (χ0) is 15.1. The van der Waals surface area contributed by atoms with Crippen LogP contribution in [0.1, 0.15) is 24.2 Å². The number of hydrogen-bond donors (Lipinski definition) is 2. The van der Waals surface area contributed by atoms with Crippen LogP contribution in [0.15, 0.2) is 18.5 Å². The van der Waals surface area contributed by atoms with Gasteiger partial charge in [-0.3, -0.25) is 4.98 Å². The second-order valence-electron chi connectivity index (χ2n) is 4.27. The number of nitriles is 1. The lowest BCUT2D eigenvalue weighted by molar-refractivity contribution is 0.0696. The molecule has 0 aliphatic carbocycles. The lowest BCUT2D eigenvalue weighted by Gasteiger charge is -2.22. The van der Waals surface area contributed by atoms with Crippen molar-refractivity contribution in [1.29, 1.82) is 5.26 Å². The van der Waals surface area contributed by atoms with Crippen molar-refractivity contribution in [3.63, 3.8) is 0 Å². The maximum Gasteiger partial charge on any atom is 0.337 e. The summed E-state index contributed by atoms with van der Waals surface area (Å²) < 4.78 is 0. The summed E-state index contributed by atoms with van der Waals surface area (Å²) in [5.74, 6) is -1.39. The van der Waals surface area contributed by atoms with Gasteiger partial charge in [-0.15, -0.1) is 0 Å². The van der Waals surface area contributed by atoms with E-state index in [1.807, 2.05) is 0 Å². The Morgan fingerprint density at radius 3 is 2.80 bits per heavy atom. The highest BCUT2D eigenvalue weighted by Gasteiger charge is 2.15. The molecular formula is C13H16N4O3. The molecule has 0 fully saturated rings. The molecule has 1 atom stereocenters. The number of rotatable bonds is 5. The number of aromatic carboxylic acids is 1. The lowest BCUT2D eigenvalue weighted by atomic mass is 10.2. The molecular weight excluding hydrogens is 260 g/mol. The van der Waals surface area contributed by atoms with Crippen molar-refractivity contribution < 1.29 is 14.7 Å². The summed E-state index contributed by atoms with van der Waals surface area (Å²) in [6.07, 6.45) is 2.57. The second-order valence-corrected chi connectivity index (χ2v) is 4.27. The minimum atomic E-state index is -1.11. The third kappa shape index (κ3) is 4.24. The molecule has 1 rings (SSSR count). The van der Waals surface area contributed by atoms with Crippen molar-refractivity contribution in [2.24, 2.45) is 5.92 Å². The number of carboxylic acid groups (broad SMARTS) is 1. The summed E-state index contributed by atoms with van der Waals surface area (Å²) in [6.45, 7) is 4.28. The molecule has 0 saturated heterocycles. The van der Waals surface area contributed by atoms with Crippen LogP contribution in [-0.4, -0.2) is 40.1 Å². The van der Waals surface area contributed by atoms with E-state index >= 15 is 0 Å². The molecule has 0 aromatic carbocycles. The Morgan fingerprint density at radius 1 is 1.55 bits per heavy atom. The molecule has 2 amide bonds. The van der Waals surface area contributed by atoms with Crippen LogP contribution in [0.5, 0.6) is 0 Å². The van der Waals surface area contributed by atoms with Crippen molar-refractivity contribution in [3.8, 4) is 6.07 Å². The monoisotopic (exact) mass is 276 g/mol. The van der Waals surface area contributed by atoms with Crippen LogP contribution in [0.25, 0.3) is 0 Å². The molecule has 20 heavy (non-hydrogen) atoms. The van der Waals surface area contributed by atoms with Crippen molar-refractivity contribution in [3.05, 3.63) is 24.0 Å². The topological polar surface area (TPSA) is 106 Å². The largest absolute Gasteiger partial charge is 0.478 e. The SMILES string of the molecule is CCN(CC(C)C#N)C(=O)Nc1cncc(C(=O)O)c1. The first-order chi connectivity index (χ1) is 9.47. The number of anilines is 1. The first-order valence-electron chi connectivity index (χ1n) is 6.11. The van der Waals surface area contributed by atoms with Crippen LogP contribution < -0.4 is 5.32 Å². The molecule has 1 unspecified atom stereocenters. The van der Waals surface area contributed by atoms with Gasteiger partial charge in [-0.1, -0.05) is 0 Å². The predicted molar refractivity (Wildman–Crippen MR) is 72.2 cm³/mol. The summed E-state index contributed by atoms with van der Waals surface area (Å²) in [5, 5.41) is 20.2. The van der Waals surface area contributed by atoms with Crippen molar-refractivity contribution in [2.75, 3.05) is 18.4 Å². The summed E-state index contributed by atoms with van der Waals surface area (Å²) in [4.78, 5) is 28.0. The van der Waals surface area contributed by atoms with Crippen LogP contribution in [-0.2, 0) is 0 Å². The maximum atomic E-state index is 12.0. The van der Waals surface area contributed by atoms with E-state index in [4.69, 9.17) is 10.4 Å². The van der Waals surface area contributed by atoms with Crippen LogP contribution in [0.4, 0.5) is 10.5 Å². The molecule has 2 N–H and O–H groups in total. The van der Waals surface area contributed by atoms with Crippen molar-refractivity contribution in [1.82, 2.24) is 9.88 Å². The van der Waals surface area contributed by atoms with Gasteiger partial charge in [0.2, 0.25) is 0 Å². The third-order valence-electron chi connectivity index (χ3n) is 2.62. The van der Waals surface area contributed by atoms with Crippen LogP contribution in [0.2, 0.25) is 0 Å². The normalized spacial score (nSPS) is 11.2. The van der Waals surface area contributed by atoms with E-state index in [1.54, 1.807) is 13.8 Å². The average Bonchev–Trinajstić information content (AvgIpc) is 2.44. The van der Waals surface area contributed by atoms with E-state index in [9.17, 15) is 9.59 Å². The van der Waals surface area contributed by atoms with Gasteiger partial charge in [0.25, 0.3) is 0 Å².